The topological polar surface area (TPSA) is 42.7 Å². The summed E-state index contributed by atoms with van der Waals surface area (Å²) in [6, 6.07) is 0. The molecule has 4 heteroatoms. The van der Waals surface area contributed by atoms with Crippen molar-refractivity contribution in [3.8, 4) is 0 Å². The van der Waals surface area contributed by atoms with E-state index in [0.717, 1.165) is 25.9 Å². The molecule has 0 bridgehead atoms. The van der Waals surface area contributed by atoms with E-state index in [1.165, 1.54) is 102 Å². The number of nitrogens with zero attached hydrogens (tertiary/aromatic N) is 3. The van der Waals surface area contributed by atoms with Crippen LogP contribution in [-0.4, -0.2) is 27.1 Å². The van der Waals surface area contributed by atoms with Crippen LogP contribution in [0.4, 0.5) is 0 Å². The molecule has 34 heavy (non-hydrogen) atoms. The van der Waals surface area contributed by atoms with Gasteiger partial charge in [-0.05, 0) is 76.2 Å². The molecule has 1 aromatic heterocycles. The van der Waals surface area contributed by atoms with Gasteiger partial charge in [-0.3, -0.25) is 0 Å². The van der Waals surface area contributed by atoms with Crippen LogP contribution in [0.1, 0.15) is 150 Å². The number of nitrogens with one attached hydrogen (secondary N) is 1. The van der Waals surface area contributed by atoms with Crippen LogP contribution >= 0.6 is 0 Å². The van der Waals surface area contributed by atoms with Crippen LogP contribution in [0.15, 0.2) is 6.20 Å². The monoisotopic (exact) mass is 474 g/mol. The number of hydrogen-bond donors (Lipinski definition) is 1. The van der Waals surface area contributed by atoms with Gasteiger partial charge in [0.15, 0.2) is 0 Å². The summed E-state index contributed by atoms with van der Waals surface area (Å²) < 4.78 is 2.28. The highest BCUT2D eigenvalue weighted by Crippen LogP contribution is 2.63. The zero-order valence-corrected chi connectivity index (χ0v) is 23.9. The molecular weight excluding hydrogens is 416 g/mol. The van der Waals surface area contributed by atoms with Crippen LogP contribution < -0.4 is 5.32 Å². The number of rotatable bonds is 21. The summed E-state index contributed by atoms with van der Waals surface area (Å²) in [6.07, 6.45) is 24.6. The molecule has 0 radical (unpaired) electrons. The average Bonchev–Trinajstić information content (AvgIpc) is 3.48. The Balaban J connectivity index is 1.94. The molecular formula is C30H58N4. The molecule has 198 valence electrons. The number of aryl methyl sites for hydroxylation is 1. The largest absolute Gasteiger partial charge is 0.312 e. The first-order valence-corrected chi connectivity index (χ1v) is 14.9. The lowest BCUT2D eigenvalue weighted by molar-refractivity contribution is 0.0973. The van der Waals surface area contributed by atoms with Gasteiger partial charge < -0.3 is 5.32 Å². The Morgan fingerprint density at radius 3 is 2.00 bits per heavy atom. The van der Waals surface area contributed by atoms with Crippen molar-refractivity contribution in [2.75, 3.05) is 6.54 Å². The van der Waals surface area contributed by atoms with Crippen molar-refractivity contribution in [2.24, 2.45) is 10.8 Å². The predicted molar refractivity (Wildman–Crippen MR) is 147 cm³/mol. The van der Waals surface area contributed by atoms with Gasteiger partial charge in [-0.15, -0.1) is 5.10 Å². The summed E-state index contributed by atoms with van der Waals surface area (Å²) in [6.45, 7) is 16.4. The Labute approximate surface area is 212 Å². The van der Waals surface area contributed by atoms with Gasteiger partial charge in [0.05, 0.1) is 11.9 Å². The minimum absolute atomic E-state index is 0.240. The van der Waals surface area contributed by atoms with Gasteiger partial charge in [-0.2, -0.15) is 0 Å². The van der Waals surface area contributed by atoms with E-state index in [4.69, 9.17) is 0 Å². The lowest BCUT2D eigenvalue weighted by atomic mass is 9.67. The first-order valence-electron chi connectivity index (χ1n) is 14.9. The van der Waals surface area contributed by atoms with E-state index in [1.807, 2.05) is 6.20 Å². The maximum absolute atomic E-state index is 4.59. The fourth-order valence-electron chi connectivity index (χ4n) is 5.94. The first kappa shape index (κ1) is 29.3. The minimum atomic E-state index is 0.240. The summed E-state index contributed by atoms with van der Waals surface area (Å²) in [4.78, 5) is 0. The van der Waals surface area contributed by atoms with E-state index in [0.29, 0.717) is 10.8 Å². The molecule has 0 unspecified atom stereocenters. The van der Waals surface area contributed by atoms with Crippen LogP contribution in [0.25, 0.3) is 0 Å². The third-order valence-electron chi connectivity index (χ3n) is 8.82. The molecule has 0 atom stereocenters. The zero-order chi connectivity index (χ0) is 24.9. The lowest BCUT2D eigenvalue weighted by Gasteiger charge is -2.39. The Bertz CT molecular complexity index is 647. The van der Waals surface area contributed by atoms with Crippen LogP contribution in [0.5, 0.6) is 0 Å². The van der Waals surface area contributed by atoms with Crippen molar-refractivity contribution < 1.29 is 0 Å². The van der Waals surface area contributed by atoms with Crippen molar-refractivity contribution in [3.05, 3.63) is 11.9 Å². The molecule has 0 aromatic carbocycles. The molecule has 0 amide bonds. The molecule has 1 aromatic rings. The zero-order valence-electron chi connectivity index (χ0n) is 23.9. The Morgan fingerprint density at radius 1 is 0.824 bits per heavy atom. The molecule has 1 aliphatic carbocycles. The van der Waals surface area contributed by atoms with Gasteiger partial charge in [0.2, 0.25) is 0 Å². The molecule has 0 spiro atoms. The Hall–Kier alpha value is -0.900. The average molecular weight is 475 g/mol. The Morgan fingerprint density at radius 2 is 1.44 bits per heavy atom. The van der Waals surface area contributed by atoms with Crippen LogP contribution in [-0.2, 0) is 13.0 Å². The molecule has 1 aliphatic rings. The lowest BCUT2D eigenvalue weighted by Crippen LogP contribution is -2.39. The Kier molecular flexibility index (Phi) is 12.6. The third-order valence-corrected chi connectivity index (χ3v) is 8.82. The molecule has 1 N–H and O–H groups in total. The molecule has 1 heterocycles. The van der Waals surface area contributed by atoms with Crippen LogP contribution in [0, 0.1) is 10.8 Å². The summed E-state index contributed by atoms with van der Waals surface area (Å²) >= 11 is 0. The third kappa shape index (κ3) is 9.28. The minimum Gasteiger partial charge on any atom is -0.312 e. The van der Waals surface area contributed by atoms with Crippen molar-refractivity contribution in [1.29, 1.82) is 0 Å². The molecule has 0 saturated heterocycles. The van der Waals surface area contributed by atoms with E-state index in [9.17, 15) is 0 Å². The maximum atomic E-state index is 4.59. The molecule has 1 saturated carbocycles. The second kappa shape index (κ2) is 14.6. The van der Waals surface area contributed by atoms with E-state index < -0.39 is 0 Å². The van der Waals surface area contributed by atoms with E-state index >= 15 is 0 Å². The second-order valence-corrected chi connectivity index (χ2v) is 12.4. The fourth-order valence-corrected chi connectivity index (χ4v) is 5.94. The standard InChI is InChI=1S/C30H58N4/c1-7-10-13-15-20-29(6,21-16-14-11-8-2)30(22-23-30)26-34-27(25-32-33-34)18-17-24-31-28(4,5)19-12-9-3/h25,31H,7-24,26H2,1-6H3. The highest BCUT2D eigenvalue weighted by atomic mass is 15.4. The van der Waals surface area contributed by atoms with Crippen molar-refractivity contribution in [1.82, 2.24) is 20.3 Å². The molecule has 2 rings (SSSR count). The van der Waals surface area contributed by atoms with Crippen molar-refractivity contribution in [2.45, 2.75) is 163 Å². The van der Waals surface area contributed by atoms with Gasteiger partial charge in [-0.25, -0.2) is 4.68 Å². The van der Waals surface area contributed by atoms with E-state index in [-0.39, 0.29) is 5.54 Å². The van der Waals surface area contributed by atoms with Crippen molar-refractivity contribution in [3.63, 3.8) is 0 Å². The second-order valence-electron chi connectivity index (χ2n) is 12.4. The van der Waals surface area contributed by atoms with Crippen LogP contribution in [0.2, 0.25) is 0 Å². The summed E-state index contributed by atoms with van der Waals surface area (Å²) in [7, 11) is 0. The quantitative estimate of drug-likeness (QED) is 0.182. The first-order chi connectivity index (χ1) is 16.3. The maximum Gasteiger partial charge on any atom is 0.0725 e. The normalized spacial score (nSPS) is 15.7. The van der Waals surface area contributed by atoms with Gasteiger partial charge in [-0.1, -0.05) is 97.1 Å². The molecule has 4 nitrogen and oxygen atoms in total. The predicted octanol–water partition coefficient (Wildman–Crippen LogP) is 8.50. The van der Waals surface area contributed by atoms with Crippen molar-refractivity contribution >= 4 is 0 Å². The van der Waals surface area contributed by atoms with E-state index in [2.05, 4.69) is 61.9 Å². The number of unbranched alkanes of at least 4 members (excludes halogenated alkanes) is 7. The SMILES string of the molecule is CCCCCCC(C)(CCCCCC)C1(Cn2nncc2CCCNC(C)(C)CCCC)CC1. The van der Waals surface area contributed by atoms with Crippen LogP contribution in [0.3, 0.4) is 0 Å². The number of hydrogen-bond acceptors (Lipinski definition) is 3. The van der Waals surface area contributed by atoms with Gasteiger partial charge in [0.1, 0.15) is 0 Å². The van der Waals surface area contributed by atoms with Gasteiger partial charge >= 0.3 is 0 Å². The molecule has 0 aliphatic heterocycles. The highest BCUT2D eigenvalue weighted by Gasteiger charge is 2.56. The fraction of sp³-hybridized carbons (Fsp3) is 0.933. The van der Waals surface area contributed by atoms with Gasteiger partial charge in [0.25, 0.3) is 0 Å². The molecule has 1 fully saturated rings. The van der Waals surface area contributed by atoms with Gasteiger partial charge in [0, 0.05) is 12.1 Å². The summed E-state index contributed by atoms with van der Waals surface area (Å²) in [5, 5.41) is 12.7. The summed E-state index contributed by atoms with van der Waals surface area (Å²) in [5.74, 6) is 0. The summed E-state index contributed by atoms with van der Waals surface area (Å²) in [5.41, 5.74) is 2.46. The van der Waals surface area contributed by atoms with E-state index in [1.54, 1.807) is 0 Å². The highest BCUT2D eigenvalue weighted by molar-refractivity contribution is 5.07. The number of aromatic nitrogens is 3. The smallest absolute Gasteiger partial charge is 0.0725 e.